The highest BCUT2D eigenvalue weighted by atomic mass is 16.5. The van der Waals surface area contributed by atoms with Gasteiger partial charge in [-0.15, -0.1) is 0 Å². The summed E-state index contributed by atoms with van der Waals surface area (Å²) in [6.45, 7) is 4.45. The van der Waals surface area contributed by atoms with Crippen molar-refractivity contribution in [1.82, 2.24) is 0 Å². The second-order valence-corrected chi connectivity index (χ2v) is 4.34. The van der Waals surface area contributed by atoms with E-state index in [1.165, 1.54) is 7.11 Å². The molecule has 1 aromatic carbocycles. The summed E-state index contributed by atoms with van der Waals surface area (Å²) in [6, 6.07) is 6.72. The summed E-state index contributed by atoms with van der Waals surface area (Å²) in [7, 11) is 1.34. The van der Waals surface area contributed by atoms with E-state index in [0.29, 0.717) is 18.6 Å². The molecule has 0 amide bonds. The minimum absolute atomic E-state index is 0.188. The van der Waals surface area contributed by atoms with Crippen LogP contribution in [0, 0.1) is 11.8 Å². The largest absolute Gasteiger partial charge is 0.465 e. The molecule has 0 bridgehead atoms. The average Bonchev–Trinajstić information content (AvgIpc) is 2.50. The first-order chi connectivity index (χ1) is 9.54. The summed E-state index contributed by atoms with van der Waals surface area (Å²) in [4.78, 5) is 11.3. The van der Waals surface area contributed by atoms with Gasteiger partial charge in [-0.2, -0.15) is 0 Å². The standard InChI is InChI=1S/C16H20O4/c1-4-16(18,12-20-5-2)11-10-13-6-8-14(9-7-13)15(17)19-3/h6-9,18H,4-5,12H2,1-3H3/t16-/m1/s1. The van der Waals surface area contributed by atoms with E-state index in [1.54, 1.807) is 24.3 Å². The zero-order chi connectivity index (χ0) is 15.0. The molecule has 0 fully saturated rings. The van der Waals surface area contributed by atoms with Crippen LogP contribution in [0.3, 0.4) is 0 Å². The highest BCUT2D eigenvalue weighted by Gasteiger charge is 2.21. The number of benzene rings is 1. The predicted molar refractivity (Wildman–Crippen MR) is 76.4 cm³/mol. The smallest absolute Gasteiger partial charge is 0.337 e. The second-order valence-electron chi connectivity index (χ2n) is 4.34. The fourth-order valence-electron chi connectivity index (χ4n) is 1.49. The lowest BCUT2D eigenvalue weighted by atomic mass is 10.0. The van der Waals surface area contributed by atoms with Crippen molar-refractivity contribution in [1.29, 1.82) is 0 Å². The normalized spacial score (nSPS) is 13.0. The maximum Gasteiger partial charge on any atom is 0.337 e. The van der Waals surface area contributed by atoms with Gasteiger partial charge in [0.25, 0.3) is 0 Å². The molecule has 1 N–H and O–H groups in total. The van der Waals surface area contributed by atoms with E-state index < -0.39 is 5.60 Å². The molecule has 0 saturated heterocycles. The van der Waals surface area contributed by atoms with Crippen molar-refractivity contribution >= 4 is 5.97 Å². The molecule has 20 heavy (non-hydrogen) atoms. The summed E-state index contributed by atoms with van der Waals surface area (Å²) in [5, 5.41) is 10.2. The van der Waals surface area contributed by atoms with Gasteiger partial charge < -0.3 is 14.6 Å². The number of rotatable bonds is 5. The molecule has 108 valence electrons. The van der Waals surface area contributed by atoms with Crippen LogP contribution in [-0.2, 0) is 9.47 Å². The predicted octanol–water partition coefficient (Wildman–Crippen LogP) is 2.00. The number of hydrogen-bond donors (Lipinski definition) is 1. The molecule has 0 unspecified atom stereocenters. The Kier molecular flexibility index (Phi) is 6.23. The van der Waals surface area contributed by atoms with Gasteiger partial charge in [-0.1, -0.05) is 18.8 Å². The highest BCUT2D eigenvalue weighted by Crippen LogP contribution is 2.10. The summed E-state index contributed by atoms with van der Waals surface area (Å²) in [6.07, 6.45) is 0.486. The van der Waals surface area contributed by atoms with Crippen LogP contribution < -0.4 is 0 Å². The number of methoxy groups -OCH3 is 1. The number of carbonyl (C=O) groups excluding carboxylic acids is 1. The molecule has 0 spiro atoms. The lowest BCUT2D eigenvalue weighted by Gasteiger charge is -2.19. The van der Waals surface area contributed by atoms with E-state index in [-0.39, 0.29) is 12.6 Å². The van der Waals surface area contributed by atoms with Crippen LogP contribution >= 0.6 is 0 Å². The van der Waals surface area contributed by atoms with Crippen molar-refractivity contribution in [2.24, 2.45) is 0 Å². The van der Waals surface area contributed by atoms with Crippen LogP contribution in [0.5, 0.6) is 0 Å². The summed E-state index contributed by atoms with van der Waals surface area (Å²) >= 11 is 0. The third-order valence-corrected chi connectivity index (χ3v) is 2.88. The fraction of sp³-hybridized carbons (Fsp3) is 0.438. The molecule has 1 aromatic rings. The van der Waals surface area contributed by atoms with Crippen molar-refractivity contribution in [3.05, 3.63) is 35.4 Å². The molecule has 4 heteroatoms. The molecule has 0 saturated carbocycles. The van der Waals surface area contributed by atoms with Gasteiger partial charge in [-0.25, -0.2) is 4.79 Å². The number of ether oxygens (including phenoxy) is 2. The second kappa shape index (κ2) is 7.68. The SMILES string of the molecule is CCOC[C@](O)(C#Cc1ccc(C(=O)OC)cc1)CC. The zero-order valence-electron chi connectivity index (χ0n) is 12.1. The monoisotopic (exact) mass is 276 g/mol. The maximum atomic E-state index is 11.3. The van der Waals surface area contributed by atoms with E-state index in [4.69, 9.17) is 4.74 Å². The van der Waals surface area contributed by atoms with Crippen molar-refractivity contribution in [2.45, 2.75) is 25.9 Å². The first kappa shape index (κ1) is 16.2. The van der Waals surface area contributed by atoms with Gasteiger partial charge in [0, 0.05) is 12.2 Å². The van der Waals surface area contributed by atoms with Gasteiger partial charge in [0.15, 0.2) is 0 Å². The van der Waals surface area contributed by atoms with Gasteiger partial charge in [0.2, 0.25) is 0 Å². The fourth-order valence-corrected chi connectivity index (χ4v) is 1.49. The van der Waals surface area contributed by atoms with Crippen molar-refractivity contribution < 1.29 is 19.4 Å². The Labute approximate surface area is 119 Å². The molecule has 0 radical (unpaired) electrons. The molecule has 0 aromatic heterocycles. The first-order valence-corrected chi connectivity index (χ1v) is 6.56. The van der Waals surface area contributed by atoms with Gasteiger partial charge in [-0.3, -0.25) is 0 Å². The van der Waals surface area contributed by atoms with Crippen molar-refractivity contribution in [3.8, 4) is 11.8 Å². The minimum atomic E-state index is -1.14. The van der Waals surface area contributed by atoms with Crippen LogP contribution in [0.1, 0.15) is 36.2 Å². The number of aliphatic hydroxyl groups is 1. The molecule has 0 aliphatic rings. The van der Waals surface area contributed by atoms with Crippen LogP contribution in [0.15, 0.2) is 24.3 Å². The van der Waals surface area contributed by atoms with E-state index in [0.717, 1.165) is 5.56 Å². The Morgan fingerprint density at radius 3 is 2.45 bits per heavy atom. The lowest BCUT2D eigenvalue weighted by molar-refractivity contribution is -0.00486. The lowest BCUT2D eigenvalue weighted by Crippen LogP contribution is -2.32. The van der Waals surface area contributed by atoms with Gasteiger partial charge in [0.1, 0.15) is 5.60 Å². The highest BCUT2D eigenvalue weighted by molar-refractivity contribution is 5.89. The number of carbonyl (C=O) groups is 1. The summed E-state index contributed by atoms with van der Waals surface area (Å²) in [5.41, 5.74) is 0.0518. The first-order valence-electron chi connectivity index (χ1n) is 6.56. The molecule has 1 rings (SSSR count). The number of esters is 1. The van der Waals surface area contributed by atoms with Crippen molar-refractivity contribution in [3.63, 3.8) is 0 Å². The molecule has 1 atom stereocenters. The quantitative estimate of drug-likeness (QED) is 0.660. The van der Waals surface area contributed by atoms with Crippen LogP contribution in [0.4, 0.5) is 0 Å². The Morgan fingerprint density at radius 2 is 1.95 bits per heavy atom. The average molecular weight is 276 g/mol. The van der Waals surface area contributed by atoms with Gasteiger partial charge in [0.05, 0.1) is 19.3 Å². The van der Waals surface area contributed by atoms with Crippen LogP contribution in [-0.4, -0.2) is 37.0 Å². The summed E-state index contributed by atoms with van der Waals surface area (Å²) in [5.74, 6) is 5.34. The van der Waals surface area contributed by atoms with E-state index >= 15 is 0 Å². The molecule has 0 heterocycles. The zero-order valence-corrected chi connectivity index (χ0v) is 12.1. The van der Waals surface area contributed by atoms with E-state index in [1.807, 2.05) is 13.8 Å². The summed E-state index contributed by atoms with van der Waals surface area (Å²) < 4.78 is 9.85. The van der Waals surface area contributed by atoms with E-state index in [2.05, 4.69) is 16.6 Å². The maximum absolute atomic E-state index is 11.3. The van der Waals surface area contributed by atoms with Gasteiger partial charge >= 0.3 is 5.97 Å². The van der Waals surface area contributed by atoms with Crippen LogP contribution in [0.25, 0.3) is 0 Å². The van der Waals surface area contributed by atoms with Crippen LogP contribution in [0.2, 0.25) is 0 Å². The minimum Gasteiger partial charge on any atom is -0.465 e. The van der Waals surface area contributed by atoms with Gasteiger partial charge in [-0.05, 0) is 37.6 Å². The van der Waals surface area contributed by atoms with E-state index in [9.17, 15) is 9.90 Å². The number of hydrogen-bond acceptors (Lipinski definition) is 4. The molecular formula is C16H20O4. The third-order valence-electron chi connectivity index (χ3n) is 2.88. The molecule has 4 nitrogen and oxygen atoms in total. The Hall–Kier alpha value is -1.83. The third kappa shape index (κ3) is 4.69. The Bertz CT molecular complexity index is 495. The Balaban J connectivity index is 2.82. The topological polar surface area (TPSA) is 55.8 Å². The molecule has 0 aliphatic heterocycles. The molecular weight excluding hydrogens is 256 g/mol. The molecule has 0 aliphatic carbocycles. The van der Waals surface area contributed by atoms with Crippen molar-refractivity contribution in [2.75, 3.05) is 20.3 Å². The Morgan fingerprint density at radius 1 is 1.30 bits per heavy atom.